The van der Waals surface area contributed by atoms with Gasteiger partial charge < -0.3 is 5.32 Å². The molecular weight excluding hydrogens is 210 g/mol. The van der Waals surface area contributed by atoms with E-state index in [-0.39, 0.29) is 0 Å². The van der Waals surface area contributed by atoms with Crippen LogP contribution >= 0.6 is 0 Å². The Labute approximate surface area is 107 Å². The maximum absolute atomic E-state index is 3.47. The second kappa shape index (κ2) is 6.17. The largest absolute Gasteiger partial charge is 0.315 e. The maximum atomic E-state index is 3.47. The van der Waals surface area contributed by atoms with Gasteiger partial charge in [0.25, 0.3) is 0 Å². The molecule has 3 nitrogen and oxygen atoms in total. The molecule has 0 aliphatic carbocycles. The van der Waals surface area contributed by atoms with Crippen molar-refractivity contribution >= 4 is 0 Å². The van der Waals surface area contributed by atoms with Crippen LogP contribution in [0.2, 0.25) is 0 Å². The van der Waals surface area contributed by atoms with Crippen molar-refractivity contribution in [2.45, 2.75) is 45.7 Å². The number of hydrogen-bond donors (Lipinski definition) is 1. The van der Waals surface area contributed by atoms with Gasteiger partial charge in [0.05, 0.1) is 0 Å². The standard InChI is InChI=1S/C14H29N3/c1-12(2)10-13(3)16-6-8-17(9-7-16)14-4-5-15-11-14/h12-15H,4-11H2,1-3H3. The molecule has 0 radical (unpaired) electrons. The molecule has 0 spiro atoms. The molecule has 0 aromatic rings. The fraction of sp³-hybridized carbons (Fsp3) is 1.00. The van der Waals surface area contributed by atoms with Crippen molar-refractivity contribution < 1.29 is 0 Å². The van der Waals surface area contributed by atoms with E-state index in [1.165, 1.54) is 52.1 Å². The molecule has 2 heterocycles. The minimum Gasteiger partial charge on any atom is -0.315 e. The lowest BCUT2D eigenvalue weighted by Gasteiger charge is -2.40. The Morgan fingerprint density at radius 2 is 1.82 bits per heavy atom. The second-order valence-corrected chi connectivity index (χ2v) is 6.20. The van der Waals surface area contributed by atoms with E-state index in [0.717, 1.165) is 18.0 Å². The molecule has 2 aliphatic rings. The molecule has 0 aromatic heterocycles. The van der Waals surface area contributed by atoms with E-state index in [1.54, 1.807) is 0 Å². The van der Waals surface area contributed by atoms with Crippen molar-refractivity contribution in [2.75, 3.05) is 39.3 Å². The molecule has 17 heavy (non-hydrogen) atoms. The van der Waals surface area contributed by atoms with Crippen molar-refractivity contribution in [3.8, 4) is 0 Å². The monoisotopic (exact) mass is 239 g/mol. The summed E-state index contributed by atoms with van der Waals surface area (Å²) < 4.78 is 0. The molecule has 2 unspecified atom stereocenters. The van der Waals surface area contributed by atoms with Crippen LogP contribution in [0, 0.1) is 5.92 Å². The first-order chi connectivity index (χ1) is 8.16. The Morgan fingerprint density at radius 3 is 2.35 bits per heavy atom. The van der Waals surface area contributed by atoms with Gasteiger partial charge in [0.15, 0.2) is 0 Å². The summed E-state index contributed by atoms with van der Waals surface area (Å²) in [5, 5.41) is 3.47. The fourth-order valence-corrected chi connectivity index (χ4v) is 3.33. The van der Waals surface area contributed by atoms with E-state index in [9.17, 15) is 0 Å². The van der Waals surface area contributed by atoms with Crippen LogP contribution < -0.4 is 5.32 Å². The van der Waals surface area contributed by atoms with Gasteiger partial charge in [-0.3, -0.25) is 9.80 Å². The highest BCUT2D eigenvalue weighted by molar-refractivity contribution is 4.85. The Hall–Kier alpha value is -0.120. The SMILES string of the molecule is CC(C)CC(C)N1CCN(C2CCNC2)CC1. The third-order valence-corrected chi connectivity index (χ3v) is 4.34. The van der Waals surface area contributed by atoms with Gasteiger partial charge in [-0.15, -0.1) is 0 Å². The first-order valence-electron chi connectivity index (χ1n) is 7.35. The third kappa shape index (κ3) is 3.67. The fourth-order valence-electron chi connectivity index (χ4n) is 3.33. The van der Waals surface area contributed by atoms with Gasteiger partial charge in [-0.1, -0.05) is 13.8 Å². The lowest BCUT2D eigenvalue weighted by molar-refractivity contribution is 0.0724. The van der Waals surface area contributed by atoms with Crippen molar-refractivity contribution in [1.29, 1.82) is 0 Å². The van der Waals surface area contributed by atoms with E-state index in [0.29, 0.717) is 0 Å². The number of rotatable bonds is 4. The number of piperazine rings is 1. The van der Waals surface area contributed by atoms with Gasteiger partial charge in [0, 0.05) is 44.8 Å². The van der Waals surface area contributed by atoms with E-state index >= 15 is 0 Å². The summed E-state index contributed by atoms with van der Waals surface area (Å²) in [6.07, 6.45) is 2.69. The Kier molecular flexibility index (Phi) is 4.83. The summed E-state index contributed by atoms with van der Waals surface area (Å²) >= 11 is 0. The van der Waals surface area contributed by atoms with Crippen molar-refractivity contribution in [1.82, 2.24) is 15.1 Å². The zero-order chi connectivity index (χ0) is 12.3. The Morgan fingerprint density at radius 1 is 1.12 bits per heavy atom. The molecule has 2 aliphatic heterocycles. The molecule has 0 bridgehead atoms. The zero-order valence-electron chi connectivity index (χ0n) is 11.8. The topological polar surface area (TPSA) is 18.5 Å². The zero-order valence-corrected chi connectivity index (χ0v) is 11.8. The predicted molar refractivity (Wildman–Crippen MR) is 73.3 cm³/mol. The highest BCUT2D eigenvalue weighted by Gasteiger charge is 2.27. The van der Waals surface area contributed by atoms with Gasteiger partial charge in [-0.05, 0) is 32.2 Å². The van der Waals surface area contributed by atoms with Crippen molar-refractivity contribution in [3.05, 3.63) is 0 Å². The molecule has 2 rings (SSSR count). The summed E-state index contributed by atoms with van der Waals surface area (Å²) in [5.41, 5.74) is 0. The lowest BCUT2D eigenvalue weighted by Crippen LogP contribution is -2.53. The molecule has 1 N–H and O–H groups in total. The minimum atomic E-state index is 0.763. The van der Waals surface area contributed by atoms with Crippen LogP contribution in [0.3, 0.4) is 0 Å². The summed E-state index contributed by atoms with van der Waals surface area (Å²) in [7, 11) is 0. The van der Waals surface area contributed by atoms with E-state index in [2.05, 4.69) is 35.9 Å². The highest BCUT2D eigenvalue weighted by Crippen LogP contribution is 2.16. The van der Waals surface area contributed by atoms with E-state index < -0.39 is 0 Å². The lowest BCUT2D eigenvalue weighted by atomic mass is 10.0. The van der Waals surface area contributed by atoms with Crippen LogP contribution in [-0.4, -0.2) is 61.2 Å². The molecule has 2 saturated heterocycles. The van der Waals surface area contributed by atoms with Crippen LogP contribution in [0.15, 0.2) is 0 Å². The molecule has 0 saturated carbocycles. The third-order valence-electron chi connectivity index (χ3n) is 4.34. The predicted octanol–water partition coefficient (Wildman–Crippen LogP) is 1.40. The van der Waals surface area contributed by atoms with Crippen LogP contribution in [0.5, 0.6) is 0 Å². The van der Waals surface area contributed by atoms with Crippen molar-refractivity contribution in [2.24, 2.45) is 5.92 Å². The smallest absolute Gasteiger partial charge is 0.0233 e. The van der Waals surface area contributed by atoms with Crippen LogP contribution in [0.1, 0.15) is 33.6 Å². The Balaban J connectivity index is 1.73. The van der Waals surface area contributed by atoms with Crippen LogP contribution in [0.4, 0.5) is 0 Å². The highest BCUT2D eigenvalue weighted by atomic mass is 15.3. The second-order valence-electron chi connectivity index (χ2n) is 6.20. The molecular formula is C14H29N3. The average molecular weight is 239 g/mol. The van der Waals surface area contributed by atoms with Gasteiger partial charge in [0.1, 0.15) is 0 Å². The first kappa shape index (κ1) is 13.3. The number of nitrogens with one attached hydrogen (secondary N) is 1. The van der Waals surface area contributed by atoms with Gasteiger partial charge >= 0.3 is 0 Å². The average Bonchev–Trinajstić information content (AvgIpc) is 2.82. The summed E-state index contributed by atoms with van der Waals surface area (Å²) in [4.78, 5) is 5.37. The molecule has 100 valence electrons. The first-order valence-corrected chi connectivity index (χ1v) is 7.35. The maximum Gasteiger partial charge on any atom is 0.0233 e. The van der Waals surface area contributed by atoms with Crippen LogP contribution in [-0.2, 0) is 0 Å². The van der Waals surface area contributed by atoms with E-state index in [1.807, 2.05) is 0 Å². The molecule has 0 amide bonds. The van der Waals surface area contributed by atoms with Gasteiger partial charge in [-0.2, -0.15) is 0 Å². The summed E-state index contributed by atoms with van der Waals surface area (Å²) in [6, 6.07) is 1.58. The minimum absolute atomic E-state index is 0.763. The molecule has 0 aromatic carbocycles. The number of hydrogen-bond acceptors (Lipinski definition) is 3. The quantitative estimate of drug-likeness (QED) is 0.800. The Bertz CT molecular complexity index is 216. The van der Waals surface area contributed by atoms with Gasteiger partial charge in [-0.25, -0.2) is 0 Å². The van der Waals surface area contributed by atoms with E-state index in [4.69, 9.17) is 0 Å². The molecule has 3 heteroatoms. The summed E-state index contributed by atoms with van der Waals surface area (Å²) in [6.45, 7) is 14.6. The van der Waals surface area contributed by atoms with Crippen molar-refractivity contribution in [3.63, 3.8) is 0 Å². The van der Waals surface area contributed by atoms with Crippen LogP contribution in [0.25, 0.3) is 0 Å². The molecule has 2 atom stereocenters. The summed E-state index contributed by atoms with van der Waals surface area (Å²) in [5.74, 6) is 0.821. The normalized spacial score (nSPS) is 30.0. The number of nitrogens with zero attached hydrogens (tertiary/aromatic N) is 2. The van der Waals surface area contributed by atoms with Gasteiger partial charge in [0.2, 0.25) is 0 Å². The molecule has 2 fully saturated rings.